The summed E-state index contributed by atoms with van der Waals surface area (Å²) in [6.07, 6.45) is 1.06. The van der Waals surface area contributed by atoms with Gasteiger partial charge in [-0.25, -0.2) is 4.39 Å². The van der Waals surface area contributed by atoms with Gasteiger partial charge in [-0.15, -0.1) is 0 Å². The lowest BCUT2D eigenvalue weighted by Gasteiger charge is -2.26. The van der Waals surface area contributed by atoms with Gasteiger partial charge in [0.15, 0.2) is 0 Å². The quantitative estimate of drug-likeness (QED) is 0.791. The molecule has 1 N–H and O–H groups in total. The minimum absolute atomic E-state index is 0.107. The molecule has 2 nitrogen and oxygen atoms in total. The van der Waals surface area contributed by atoms with Crippen LogP contribution in [0.4, 0.5) is 4.39 Å². The summed E-state index contributed by atoms with van der Waals surface area (Å²) in [5.41, 5.74) is 0.934. The maximum Gasteiger partial charge on any atom is 0.127 e. The van der Waals surface area contributed by atoms with Crippen molar-refractivity contribution < 1.29 is 4.39 Å². The van der Waals surface area contributed by atoms with Crippen LogP contribution in [-0.2, 0) is 0 Å². The smallest absolute Gasteiger partial charge is 0.127 e. The Bertz CT molecular complexity index is 385. The van der Waals surface area contributed by atoms with E-state index in [1.165, 1.54) is 6.07 Å². The van der Waals surface area contributed by atoms with Gasteiger partial charge in [-0.3, -0.25) is 4.90 Å². The lowest BCUT2D eigenvalue weighted by Crippen LogP contribution is -2.37. The van der Waals surface area contributed by atoms with Crippen LogP contribution in [0.25, 0.3) is 0 Å². The normalized spacial score (nSPS) is 13.8. The van der Waals surface area contributed by atoms with E-state index >= 15 is 0 Å². The largest absolute Gasteiger partial charge is 0.312 e. The number of hydrogen-bond donors (Lipinski definition) is 1. The molecule has 0 amide bonds. The molecule has 1 unspecified atom stereocenters. The fraction of sp³-hybridized carbons (Fsp3) is 0.625. The van der Waals surface area contributed by atoms with Crippen molar-refractivity contribution in [2.24, 2.45) is 0 Å². The van der Waals surface area contributed by atoms with Crippen LogP contribution in [0, 0.1) is 5.82 Å². The van der Waals surface area contributed by atoms with Gasteiger partial charge in [0, 0.05) is 17.1 Å². The van der Waals surface area contributed by atoms with E-state index in [0.717, 1.165) is 25.1 Å². The molecule has 0 spiro atoms. The molecule has 0 bridgehead atoms. The molecule has 1 atom stereocenters. The summed E-state index contributed by atoms with van der Waals surface area (Å²) in [5, 5.41) is 3.47. The second kappa shape index (κ2) is 7.01. The molecule has 0 saturated heterocycles. The first-order valence-electron chi connectivity index (χ1n) is 7.01. The number of nitrogens with one attached hydrogen (secondary N) is 1. The summed E-state index contributed by atoms with van der Waals surface area (Å²) in [6, 6.07) is 7.13. The minimum atomic E-state index is -0.116. The third kappa shape index (κ3) is 5.70. The monoisotopic (exact) mass is 266 g/mol. The molecule has 0 radical (unpaired) electrons. The van der Waals surface area contributed by atoms with E-state index in [4.69, 9.17) is 0 Å². The van der Waals surface area contributed by atoms with Crippen molar-refractivity contribution in [3.8, 4) is 0 Å². The van der Waals surface area contributed by atoms with Crippen LogP contribution in [0.3, 0.4) is 0 Å². The van der Waals surface area contributed by atoms with E-state index in [9.17, 15) is 4.39 Å². The second-order valence-corrected chi connectivity index (χ2v) is 6.21. The number of nitrogens with zero attached hydrogens (tertiary/aromatic N) is 1. The summed E-state index contributed by atoms with van der Waals surface area (Å²) in [5.74, 6) is -0.116. The zero-order chi connectivity index (χ0) is 14.5. The summed E-state index contributed by atoms with van der Waals surface area (Å²) >= 11 is 0. The molecule has 0 saturated carbocycles. The zero-order valence-electron chi connectivity index (χ0n) is 12.8. The lowest BCUT2D eigenvalue weighted by atomic mass is 10.1. The topological polar surface area (TPSA) is 15.3 Å². The van der Waals surface area contributed by atoms with Crippen LogP contribution in [0.2, 0.25) is 0 Å². The molecule has 0 aliphatic heterocycles. The van der Waals surface area contributed by atoms with Crippen LogP contribution in [0.1, 0.15) is 45.7 Å². The maximum absolute atomic E-state index is 13.7. The number of rotatable bonds is 6. The van der Waals surface area contributed by atoms with E-state index in [1.807, 2.05) is 19.2 Å². The van der Waals surface area contributed by atoms with Crippen LogP contribution >= 0.6 is 0 Å². The number of benzene rings is 1. The Hall–Kier alpha value is -0.930. The third-order valence-corrected chi connectivity index (χ3v) is 3.36. The highest BCUT2D eigenvalue weighted by Crippen LogP contribution is 2.21. The van der Waals surface area contributed by atoms with Gasteiger partial charge in [0.1, 0.15) is 5.82 Å². The highest BCUT2D eigenvalue weighted by atomic mass is 19.1. The highest BCUT2D eigenvalue weighted by molar-refractivity contribution is 5.20. The molecule has 0 aliphatic carbocycles. The highest BCUT2D eigenvalue weighted by Gasteiger charge is 2.15. The molecule has 1 aromatic rings. The third-order valence-electron chi connectivity index (χ3n) is 3.36. The maximum atomic E-state index is 13.7. The SMILES string of the molecule is CC(c1ccccc1F)N(C)CCCNC(C)(C)C. The molecule has 0 heterocycles. The van der Waals surface area contributed by atoms with Crippen molar-refractivity contribution in [3.05, 3.63) is 35.6 Å². The van der Waals surface area contributed by atoms with Crippen molar-refractivity contribution >= 4 is 0 Å². The van der Waals surface area contributed by atoms with Crippen molar-refractivity contribution in [3.63, 3.8) is 0 Å². The van der Waals surface area contributed by atoms with Gasteiger partial charge in [0.2, 0.25) is 0 Å². The summed E-state index contributed by atoms with van der Waals surface area (Å²) in [7, 11) is 2.05. The van der Waals surface area contributed by atoms with Crippen molar-refractivity contribution in [2.45, 2.75) is 45.7 Å². The molecular weight excluding hydrogens is 239 g/mol. The Balaban J connectivity index is 2.41. The molecule has 0 aromatic heterocycles. The fourth-order valence-electron chi connectivity index (χ4n) is 2.04. The zero-order valence-corrected chi connectivity index (χ0v) is 12.8. The van der Waals surface area contributed by atoms with E-state index in [0.29, 0.717) is 0 Å². The van der Waals surface area contributed by atoms with E-state index in [2.05, 4.69) is 37.9 Å². The first kappa shape index (κ1) is 16.1. The Morgan fingerprint density at radius 1 is 1.26 bits per heavy atom. The Morgan fingerprint density at radius 3 is 2.47 bits per heavy atom. The molecule has 3 heteroatoms. The van der Waals surface area contributed by atoms with Gasteiger partial charge in [-0.1, -0.05) is 18.2 Å². The van der Waals surface area contributed by atoms with Gasteiger partial charge >= 0.3 is 0 Å². The molecule has 1 rings (SSSR count). The Kier molecular flexibility index (Phi) is 5.95. The summed E-state index contributed by atoms with van der Waals surface area (Å²) in [4.78, 5) is 2.20. The second-order valence-electron chi connectivity index (χ2n) is 6.21. The number of hydrogen-bond acceptors (Lipinski definition) is 2. The Labute approximate surface area is 117 Å². The van der Waals surface area contributed by atoms with Gasteiger partial charge in [-0.05, 0) is 60.3 Å². The fourth-order valence-corrected chi connectivity index (χ4v) is 2.04. The predicted octanol–water partition coefficient (Wildman–Crippen LogP) is 3.60. The predicted molar refractivity (Wildman–Crippen MR) is 79.8 cm³/mol. The van der Waals surface area contributed by atoms with Crippen molar-refractivity contribution in [2.75, 3.05) is 20.1 Å². The van der Waals surface area contributed by atoms with Crippen LogP contribution in [-0.4, -0.2) is 30.6 Å². The van der Waals surface area contributed by atoms with E-state index in [-0.39, 0.29) is 17.4 Å². The van der Waals surface area contributed by atoms with Gasteiger partial charge in [0.25, 0.3) is 0 Å². The molecule has 0 aliphatic rings. The lowest BCUT2D eigenvalue weighted by molar-refractivity contribution is 0.248. The van der Waals surface area contributed by atoms with Crippen LogP contribution in [0.5, 0.6) is 0 Å². The first-order valence-corrected chi connectivity index (χ1v) is 7.01. The standard InChI is InChI=1S/C16H27FN2/c1-13(14-9-6-7-10-15(14)17)19(5)12-8-11-18-16(2,3)4/h6-7,9-10,13,18H,8,11-12H2,1-5H3. The first-order chi connectivity index (χ1) is 8.81. The van der Waals surface area contributed by atoms with Crippen molar-refractivity contribution in [1.29, 1.82) is 0 Å². The summed E-state index contributed by atoms with van der Waals surface area (Å²) < 4.78 is 13.7. The summed E-state index contributed by atoms with van der Waals surface area (Å²) in [6.45, 7) is 10.5. The van der Waals surface area contributed by atoms with Gasteiger partial charge in [0.05, 0.1) is 0 Å². The van der Waals surface area contributed by atoms with Gasteiger partial charge < -0.3 is 5.32 Å². The van der Waals surface area contributed by atoms with Crippen LogP contribution in [0.15, 0.2) is 24.3 Å². The average Bonchev–Trinajstić information content (AvgIpc) is 2.33. The van der Waals surface area contributed by atoms with E-state index < -0.39 is 0 Å². The van der Waals surface area contributed by atoms with Gasteiger partial charge in [-0.2, -0.15) is 0 Å². The molecule has 0 fully saturated rings. The average molecular weight is 266 g/mol. The van der Waals surface area contributed by atoms with Crippen LogP contribution < -0.4 is 5.32 Å². The molecule has 19 heavy (non-hydrogen) atoms. The van der Waals surface area contributed by atoms with E-state index in [1.54, 1.807) is 6.07 Å². The number of halogens is 1. The Morgan fingerprint density at radius 2 is 1.89 bits per heavy atom. The minimum Gasteiger partial charge on any atom is -0.312 e. The molecule has 1 aromatic carbocycles. The van der Waals surface area contributed by atoms with Crippen molar-refractivity contribution in [1.82, 2.24) is 10.2 Å². The molecule has 108 valence electrons. The molecular formula is C16H27FN2.